The summed E-state index contributed by atoms with van der Waals surface area (Å²) in [5, 5.41) is 2.61. The molecule has 7 heteroatoms. The van der Waals surface area contributed by atoms with Crippen LogP contribution >= 0.6 is 0 Å². The minimum Gasteiger partial charge on any atom is -0.368 e. The molecule has 1 amide bonds. The molecule has 2 saturated carbocycles. The predicted octanol–water partition coefficient (Wildman–Crippen LogP) is 1.93. The number of rotatable bonds is 5. The van der Waals surface area contributed by atoms with Crippen molar-refractivity contribution in [1.29, 1.82) is 0 Å². The zero-order valence-corrected chi connectivity index (χ0v) is 18.4. The van der Waals surface area contributed by atoms with E-state index in [4.69, 9.17) is 0 Å². The number of pyridine rings is 2. The van der Waals surface area contributed by atoms with E-state index in [-0.39, 0.29) is 16.9 Å². The van der Waals surface area contributed by atoms with Gasteiger partial charge in [0.1, 0.15) is 5.69 Å². The first kappa shape index (κ1) is 20.2. The Morgan fingerprint density at radius 3 is 2.65 bits per heavy atom. The summed E-state index contributed by atoms with van der Waals surface area (Å²) in [5.74, 6) is 0.506. The van der Waals surface area contributed by atoms with Crippen LogP contribution in [0.1, 0.15) is 47.9 Å². The lowest BCUT2D eigenvalue weighted by atomic mass is 9.98. The van der Waals surface area contributed by atoms with Crippen molar-refractivity contribution in [1.82, 2.24) is 20.2 Å². The molecule has 164 valence electrons. The van der Waals surface area contributed by atoms with E-state index in [0.717, 1.165) is 49.5 Å². The van der Waals surface area contributed by atoms with Gasteiger partial charge < -0.3 is 15.2 Å². The van der Waals surface area contributed by atoms with Crippen LogP contribution in [0, 0.1) is 5.92 Å². The number of aromatic nitrogens is 2. The maximum Gasteiger partial charge on any atom is 0.269 e. The molecule has 3 heterocycles. The van der Waals surface area contributed by atoms with Gasteiger partial charge in [0.2, 0.25) is 0 Å². The van der Waals surface area contributed by atoms with Gasteiger partial charge in [0.15, 0.2) is 0 Å². The number of H-pyrrole nitrogens is 1. The Morgan fingerprint density at radius 1 is 1.23 bits per heavy atom. The number of anilines is 1. The van der Waals surface area contributed by atoms with Crippen molar-refractivity contribution in [2.75, 3.05) is 38.1 Å². The number of aromatic amines is 1. The molecule has 3 unspecified atom stereocenters. The van der Waals surface area contributed by atoms with Crippen molar-refractivity contribution in [3.8, 4) is 0 Å². The molecule has 0 spiro atoms. The van der Waals surface area contributed by atoms with E-state index in [1.165, 1.54) is 19.3 Å². The third kappa shape index (κ3) is 3.45. The van der Waals surface area contributed by atoms with Crippen LogP contribution in [0.5, 0.6) is 0 Å². The summed E-state index contributed by atoms with van der Waals surface area (Å²) in [6.07, 6.45) is 6.17. The van der Waals surface area contributed by atoms with Crippen LogP contribution < -0.4 is 15.8 Å². The minimum absolute atomic E-state index is 0.0909. The highest BCUT2D eigenvalue weighted by molar-refractivity contribution is 5.92. The van der Waals surface area contributed by atoms with E-state index in [9.17, 15) is 9.59 Å². The largest absolute Gasteiger partial charge is 0.368 e. The Labute approximate surface area is 182 Å². The summed E-state index contributed by atoms with van der Waals surface area (Å²) in [6.45, 7) is 6.05. The predicted molar refractivity (Wildman–Crippen MR) is 121 cm³/mol. The monoisotopic (exact) mass is 421 g/mol. The molecule has 0 bridgehead atoms. The number of piperazine rings is 1. The van der Waals surface area contributed by atoms with Crippen LogP contribution in [0.15, 0.2) is 35.3 Å². The van der Waals surface area contributed by atoms with Gasteiger partial charge in [-0.15, -0.1) is 0 Å². The number of nitrogens with zero attached hydrogens (tertiary/aromatic N) is 3. The van der Waals surface area contributed by atoms with E-state index >= 15 is 0 Å². The number of carbonyl (C=O) groups is 1. The Hall–Kier alpha value is -2.67. The molecule has 0 aromatic carbocycles. The number of nitrogens with one attached hydrogen (secondary N) is 2. The standard InChI is InChI=1S/C24H31N5O2/c1-3-16-4-7-21(27-22(16)30)24-9-8-20(18(24)14-24)29-12-10-28(11-13-29)17-5-6-19(26-15-17)23(31)25-2/h4-7,15,18,20H,3,8-14H2,1-2H3,(H,25,31)(H,27,30). The van der Waals surface area contributed by atoms with Gasteiger partial charge in [-0.3, -0.25) is 14.5 Å². The molecule has 0 radical (unpaired) electrons. The van der Waals surface area contributed by atoms with Crippen molar-refractivity contribution in [2.45, 2.75) is 44.1 Å². The summed E-state index contributed by atoms with van der Waals surface area (Å²) in [7, 11) is 1.62. The van der Waals surface area contributed by atoms with Crippen molar-refractivity contribution in [2.24, 2.45) is 5.92 Å². The Kier molecular flexibility index (Phi) is 5.08. The zero-order valence-electron chi connectivity index (χ0n) is 18.4. The second-order valence-electron chi connectivity index (χ2n) is 9.16. The highest BCUT2D eigenvalue weighted by Gasteiger charge is 2.64. The Balaban J connectivity index is 1.21. The lowest BCUT2D eigenvalue weighted by molar-refractivity contribution is 0.0958. The minimum atomic E-state index is -0.156. The lowest BCUT2D eigenvalue weighted by Crippen LogP contribution is -2.50. The fourth-order valence-corrected chi connectivity index (χ4v) is 5.83. The van der Waals surface area contributed by atoms with Crippen molar-refractivity contribution >= 4 is 11.6 Å². The SMILES string of the molecule is CCc1ccc(C23CCC(N4CCN(c5ccc(C(=O)NC)nc5)CC4)C2C3)[nH]c1=O. The maximum absolute atomic E-state index is 12.3. The number of hydrogen-bond donors (Lipinski definition) is 2. The number of aryl methyl sites for hydroxylation is 1. The van der Waals surface area contributed by atoms with E-state index in [0.29, 0.717) is 17.7 Å². The first-order valence-electron chi connectivity index (χ1n) is 11.5. The molecule has 2 aromatic rings. The third-order valence-electron chi connectivity index (χ3n) is 7.75. The maximum atomic E-state index is 12.3. The van der Waals surface area contributed by atoms with Crippen LogP contribution in [-0.4, -0.2) is 60.0 Å². The molecule has 1 aliphatic heterocycles. The molecule has 1 saturated heterocycles. The van der Waals surface area contributed by atoms with Crippen LogP contribution in [0.2, 0.25) is 0 Å². The zero-order chi connectivity index (χ0) is 21.6. The average Bonchev–Trinajstić information content (AvgIpc) is 3.44. The molecule has 7 nitrogen and oxygen atoms in total. The Bertz CT molecular complexity index is 1030. The third-order valence-corrected chi connectivity index (χ3v) is 7.75. The van der Waals surface area contributed by atoms with Crippen molar-refractivity contribution < 1.29 is 4.79 Å². The van der Waals surface area contributed by atoms with E-state index in [1.54, 1.807) is 19.3 Å². The van der Waals surface area contributed by atoms with Crippen LogP contribution in [0.4, 0.5) is 5.69 Å². The number of carbonyl (C=O) groups excluding carboxylic acids is 1. The topological polar surface area (TPSA) is 81.3 Å². The van der Waals surface area contributed by atoms with Gasteiger partial charge in [-0.2, -0.15) is 0 Å². The summed E-state index contributed by atoms with van der Waals surface area (Å²) in [5.41, 5.74) is 3.85. The highest BCUT2D eigenvalue weighted by Crippen LogP contribution is 2.64. The Morgan fingerprint density at radius 2 is 2.03 bits per heavy atom. The molecule has 3 atom stereocenters. The second kappa shape index (κ2) is 7.79. The van der Waals surface area contributed by atoms with Gasteiger partial charge in [0.05, 0.1) is 11.9 Å². The summed E-state index contributed by atoms with van der Waals surface area (Å²) in [6, 6.07) is 8.58. The van der Waals surface area contributed by atoms with Crippen LogP contribution in [0.3, 0.4) is 0 Å². The summed E-state index contributed by atoms with van der Waals surface area (Å²) >= 11 is 0. The normalized spacial score (nSPS) is 27.7. The van der Waals surface area contributed by atoms with Crippen molar-refractivity contribution in [3.05, 3.63) is 57.8 Å². The smallest absolute Gasteiger partial charge is 0.269 e. The molecule has 2 aliphatic carbocycles. The van der Waals surface area contributed by atoms with Crippen LogP contribution in [0.25, 0.3) is 0 Å². The summed E-state index contributed by atoms with van der Waals surface area (Å²) < 4.78 is 0. The number of amides is 1. The molecule has 3 aliphatic rings. The van der Waals surface area contributed by atoms with Gasteiger partial charge in [-0.1, -0.05) is 13.0 Å². The lowest BCUT2D eigenvalue weighted by Gasteiger charge is -2.39. The van der Waals surface area contributed by atoms with Gasteiger partial charge in [-0.25, -0.2) is 4.98 Å². The first-order valence-corrected chi connectivity index (χ1v) is 11.5. The van der Waals surface area contributed by atoms with Gasteiger partial charge in [0, 0.05) is 55.9 Å². The van der Waals surface area contributed by atoms with E-state index in [1.807, 2.05) is 19.1 Å². The molecule has 3 fully saturated rings. The average molecular weight is 422 g/mol. The van der Waals surface area contributed by atoms with E-state index in [2.05, 4.69) is 31.2 Å². The van der Waals surface area contributed by atoms with Gasteiger partial charge >= 0.3 is 0 Å². The van der Waals surface area contributed by atoms with Crippen LogP contribution in [-0.2, 0) is 11.8 Å². The molecule has 2 aromatic heterocycles. The van der Waals surface area contributed by atoms with E-state index < -0.39 is 0 Å². The first-order chi connectivity index (χ1) is 15.1. The fraction of sp³-hybridized carbons (Fsp3) is 0.542. The molecule has 2 N–H and O–H groups in total. The molecule has 31 heavy (non-hydrogen) atoms. The van der Waals surface area contributed by atoms with Crippen molar-refractivity contribution in [3.63, 3.8) is 0 Å². The van der Waals surface area contributed by atoms with Gasteiger partial charge in [0.25, 0.3) is 11.5 Å². The molecular formula is C24H31N5O2. The molecular weight excluding hydrogens is 390 g/mol. The quantitative estimate of drug-likeness (QED) is 0.771. The second-order valence-corrected chi connectivity index (χ2v) is 9.16. The summed E-state index contributed by atoms with van der Waals surface area (Å²) in [4.78, 5) is 36.5. The molecule has 5 rings (SSSR count). The number of hydrogen-bond acceptors (Lipinski definition) is 5. The number of fused-ring (bicyclic) bond motifs is 1. The highest BCUT2D eigenvalue weighted by atomic mass is 16.1. The van der Waals surface area contributed by atoms with Gasteiger partial charge in [-0.05, 0) is 49.8 Å². The fourth-order valence-electron chi connectivity index (χ4n) is 5.83.